The molecule has 0 amide bonds. The first-order valence-electron chi connectivity index (χ1n) is 6.38. The average molecular weight is 259 g/mol. The highest BCUT2D eigenvalue weighted by atomic mass is 32.1. The van der Waals surface area contributed by atoms with Crippen molar-refractivity contribution in [3.8, 4) is 0 Å². The van der Waals surface area contributed by atoms with Gasteiger partial charge in [-0.25, -0.2) is 4.98 Å². The van der Waals surface area contributed by atoms with Crippen LogP contribution in [0.2, 0.25) is 0 Å². The summed E-state index contributed by atoms with van der Waals surface area (Å²) in [5.41, 5.74) is 8.41. The first-order valence-corrected chi connectivity index (χ1v) is 7.20. The number of hydrogen-bond donors (Lipinski definition) is 1. The summed E-state index contributed by atoms with van der Waals surface area (Å²) in [6.07, 6.45) is 5.53. The van der Waals surface area contributed by atoms with Gasteiger partial charge in [0.1, 0.15) is 0 Å². The molecule has 1 aliphatic heterocycles. The van der Waals surface area contributed by atoms with E-state index in [4.69, 9.17) is 5.73 Å². The van der Waals surface area contributed by atoms with Gasteiger partial charge in [-0.3, -0.25) is 0 Å². The van der Waals surface area contributed by atoms with Crippen molar-refractivity contribution in [2.24, 2.45) is 5.73 Å². The van der Waals surface area contributed by atoms with Gasteiger partial charge in [-0.1, -0.05) is 18.2 Å². The Balaban J connectivity index is 2.00. The number of aromatic nitrogens is 1. The summed E-state index contributed by atoms with van der Waals surface area (Å²) >= 11 is 1.70. The third-order valence-electron chi connectivity index (χ3n) is 3.33. The van der Waals surface area contributed by atoms with E-state index in [1.54, 1.807) is 11.3 Å². The predicted molar refractivity (Wildman–Crippen MR) is 76.4 cm³/mol. The van der Waals surface area contributed by atoms with Gasteiger partial charge in [0, 0.05) is 29.9 Å². The van der Waals surface area contributed by atoms with Gasteiger partial charge in [-0.2, -0.15) is 0 Å². The maximum atomic E-state index is 5.67. The Morgan fingerprint density at radius 1 is 1.28 bits per heavy atom. The predicted octanol–water partition coefficient (Wildman–Crippen LogP) is 3.08. The number of thiazole rings is 1. The first kappa shape index (κ1) is 11.7. The van der Waals surface area contributed by atoms with E-state index < -0.39 is 0 Å². The largest absolute Gasteiger partial charge is 0.326 e. The van der Waals surface area contributed by atoms with Crippen molar-refractivity contribution < 1.29 is 0 Å². The summed E-state index contributed by atoms with van der Waals surface area (Å²) in [5, 5.41) is 1.07. The zero-order chi connectivity index (χ0) is 12.4. The topological polar surface area (TPSA) is 42.1 Å². The highest BCUT2D eigenvalue weighted by molar-refractivity contribution is 7.15. The minimum absolute atomic E-state index is 0.577. The highest BCUT2D eigenvalue weighted by Crippen LogP contribution is 2.34. The van der Waals surface area contributed by atoms with Crippen LogP contribution in [-0.2, 0) is 13.0 Å². The van der Waals surface area contributed by atoms with E-state index >= 15 is 0 Å². The van der Waals surface area contributed by atoms with Gasteiger partial charge < -0.3 is 10.6 Å². The maximum Gasteiger partial charge on any atom is 0.190 e. The van der Waals surface area contributed by atoms with E-state index in [0.29, 0.717) is 6.54 Å². The van der Waals surface area contributed by atoms with Crippen LogP contribution in [0.4, 0.5) is 10.8 Å². The Hall–Kier alpha value is -1.39. The van der Waals surface area contributed by atoms with Crippen LogP contribution in [-0.4, -0.2) is 11.5 Å². The fraction of sp³-hybridized carbons (Fsp3) is 0.357. The molecular weight excluding hydrogens is 242 g/mol. The van der Waals surface area contributed by atoms with Crippen LogP contribution in [0.1, 0.15) is 23.3 Å². The Morgan fingerprint density at radius 2 is 2.17 bits per heavy atom. The van der Waals surface area contributed by atoms with Gasteiger partial charge in [0.25, 0.3) is 0 Å². The number of aryl methyl sites for hydroxylation is 1. The molecule has 0 bridgehead atoms. The standard InChI is InChI=1S/C14H17N3S/c15-9-12-10-16-14(18-12)17-8-4-3-6-11-5-1-2-7-13(11)17/h1-2,5,7,10H,3-4,6,8-9,15H2. The molecule has 2 heterocycles. The number of benzene rings is 1. The van der Waals surface area contributed by atoms with Gasteiger partial charge in [-0.15, -0.1) is 11.3 Å². The molecule has 1 aromatic heterocycles. The summed E-state index contributed by atoms with van der Waals surface area (Å²) in [5.74, 6) is 0. The van der Waals surface area contributed by atoms with Crippen LogP contribution >= 0.6 is 11.3 Å². The monoisotopic (exact) mass is 259 g/mol. The fourth-order valence-corrected chi connectivity index (χ4v) is 3.23. The van der Waals surface area contributed by atoms with E-state index in [-0.39, 0.29) is 0 Å². The van der Waals surface area contributed by atoms with Crippen LogP contribution in [0.5, 0.6) is 0 Å². The Kier molecular flexibility index (Phi) is 3.30. The zero-order valence-electron chi connectivity index (χ0n) is 10.3. The lowest BCUT2D eigenvalue weighted by atomic mass is 10.1. The minimum atomic E-state index is 0.577. The number of fused-ring (bicyclic) bond motifs is 1. The molecule has 0 spiro atoms. The molecule has 18 heavy (non-hydrogen) atoms. The molecule has 2 N–H and O–H groups in total. The maximum absolute atomic E-state index is 5.67. The van der Waals surface area contributed by atoms with Gasteiger partial charge in [0.05, 0.1) is 0 Å². The Labute approximate surface area is 111 Å². The van der Waals surface area contributed by atoms with Crippen molar-refractivity contribution >= 4 is 22.2 Å². The van der Waals surface area contributed by atoms with Crippen molar-refractivity contribution in [1.29, 1.82) is 0 Å². The Morgan fingerprint density at radius 3 is 3.00 bits per heavy atom. The third kappa shape index (κ3) is 2.13. The second-order valence-corrected chi connectivity index (χ2v) is 5.64. The van der Waals surface area contributed by atoms with Crippen LogP contribution in [0.15, 0.2) is 30.5 Å². The van der Waals surface area contributed by atoms with Crippen molar-refractivity contribution in [3.63, 3.8) is 0 Å². The van der Waals surface area contributed by atoms with Gasteiger partial charge in [0.2, 0.25) is 0 Å². The molecule has 0 saturated heterocycles. The molecule has 0 saturated carbocycles. The molecular formula is C14H17N3S. The molecule has 2 aromatic rings. The van der Waals surface area contributed by atoms with E-state index in [1.165, 1.54) is 30.5 Å². The van der Waals surface area contributed by atoms with Crippen LogP contribution in [0, 0.1) is 0 Å². The Bertz CT molecular complexity index is 535. The van der Waals surface area contributed by atoms with Gasteiger partial charge in [-0.05, 0) is 30.9 Å². The summed E-state index contributed by atoms with van der Waals surface area (Å²) < 4.78 is 0. The van der Waals surface area contributed by atoms with Crippen LogP contribution in [0.3, 0.4) is 0 Å². The minimum Gasteiger partial charge on any atom is -0.326 e. The van der Waals surface area contributed by atoms with Crippen molar-refractivity contribution in [3.05, 3.63) is 40.9 Å². The molecule has 1 aromatic carbocycles. The van der Waals surface area contributed by atoms with Crippen LogP contribution in [0.25, 0.3) is 0 Å². The molecule has 94 valence electrons. The lowest BCUT2D eigenvalue weighted by Gasteiger charge is -2.21. The summed E-state index contributed by atoms with van der Waals surface area (Å²) in [4.78, 5) is 8.00. The number of para-hydroxylation sites is 1. The van der Waals surface area contributed by atoms with Gasteiger partial charge in [0.15, 0.2) is 5.13 Å². The van der Waals surface area contributed by atoms with Gasteiger partial charge >= 0.3 is 0 Å². The molecule has 1 aliphatic rings. The molecule has 0 radical (unpaired) electrons. The second kappa shape index (κ2) is 5.08. The van der Waals surface area contributed by atoms with E-state index in [1.807, 2.05) is 6.20 Å². The third-order valence-corrected chi connectivity index (χ3v) is 4.38. The van der Waals surface area contributed by atoms with E-state index in [2.05, 4.69) is 34.1 Å². The van der Waals surface area contributed by atoms with E-state index in [0.717, 1.165) is 16.6 Å². The molecule has 3 nitrogen and oxygen atoms in total. The number of nitrogens with two attached hydrogens (primary N) is 1. The molecule has 0 fully saturated rings. The lowest BCUT2D eigenvalue weighted by molar-refractivity contribution is 0.760. The number of rotatable bonds is 2. The van der Waals surface area contributed by atoms with E-state index in [9.17, 15) is 0 Å². The molecule has 0 aliphatic carbocycles. The molecule has 0 unspecified atom stereocenters. The smallest absolute Gasteiger partial charge is 0.190 e. The quantitative estimate of drug-likeness (QED) is 0.901. The summed E-state index contributed by atoms with van der Waals surface area (Å²) in [6.45, 7) is 1.63. The van der Waals surface area contributed by atoms with Crippen LogP contribution < -0.4 is 10.6 Å². The normalized spacial score (nSPS) is 15.3. The number of anilines is 2. The number of nitrogens with zero attached hydrogens (tertiary/aromatic N) is 2. The van der Waals surface area contributed by atoms with Crippen molar-refractivity contribution in [1.82, 2.24) is 4.98 Å². The zero-order valence-corrected chi connectivity index (χ0v) is 11.1. The average Bonchev–Trinajstić information content (AvgIpc) is 2.78. The summed E-state index contributed by atoms with van der Waals surface area (Å²) in [6, 6.07) is 8.65. The lowest BCUT2D eigenvalue weighted by Crippen LogP contribution is -2.17. The SMILES string of the molecule is NCc1cnc(N2CCCCc3ccccc32)s1. The molecule has 3 rings (SSSR count). The fourth-order valence-electron chi connectivity index (χ4n) is 2.41. The highest BCUT2D eigenvalue weighted by Gasteiger charge is 2.18. The summed E-state index contributed by atoms with van der Waals surface area (Å²) in [7, 11) is 0. The molecule has 4 heteroatoms. The van der Waals surface area contributed by atoms with Crippen molar-refractivity contribution in [2.45, 2.75) is 25.8 Å². The molecule has 0 atom stereocenters. The first-order chi connectivity index (χ1) is 8.88. The number of hydrogen-bond acceptors (Lipinski definition) is 4. The second-order valence-electron chi connectivity index (χ2n) is 4.55. The van der Waals surface area contributed by atoms with Crippen molar-refractivity contribution in [2.75, 3.05) is 11.4 Å².